The van der Waals surface area contributed by atoms with Crippen LogP contribution in [0.2, 0.25) is 0 Å². The first-order valence-electron chi connectivity index (χ1n) is 7.44. The number of carbonyl (C=O) groups is 1. The quantitative estimate of drug-likeness (QED) is 0.844. The zero-order valence-corrected chi connectivity index (χ0v) is 12.9. The molecule has 0 heterocycles. The third-order valence-corrected chi connectivity index (χ3v) is 3.02. The van der Waals surface area contributed by atoms with E-state index in [4.69, 9.17) is 9.47 Å². The number of hydrogen-bond acceptors (Lipinski definition) is 3. The maximum absolute atomic E-state index is 12.1. The van der Waals surface area contributed by atoms with Crippen molar-refractivity contribution < 1.29 is 14.3 Å². The highest BCUT2D eigenvalue weighted by Gasteiger charge is 2.14. The third kappa shape index (κ3) is 4.81. The van der Waals surface area contributed by atoms with Crippen LogP contribution in [-0.2, 0) is 4.79 Å². The lowest BCUT2D eigenvalue weighted by atomic mass is 10.2. The van der Waals surface area contributed by atoms with Crippen molar-refractivity contribution in [1.29, 1.82) is 0 Å². The molecule has 1 atom stereocenters. The van der Waals surface area contributed by atoms with E-state index < -0.39 is 6.10 Å². The van der Waals surface area contributed by atoms with Crippen LogP contribution in [0, 0.1) is 0 Å². The van der Waals surface area contributed by atoms with Crippen molar-refractivity contribution in [3.05, 3.63) is 54.6 Å². The molecule has 1 amide bonds. The largest absolute Gasteiger partial charge is 0.494 e. The lowest BCUT2D eigenvalue weighted by Crippen LogP contribution is -2.30. The van der Waals surface area contributed by atoms with Crippen molar-refractivity contribution in [2.45, 2.75) is 26.4 Å². The summed E-state index contributed by atoms with van der Waals surface area (Å²) in [6.45, 7) is 4.47. The Hall–Kier alpha value is -2.49. The molecule has 0 fully saturated rings. The smallest absolute Gasteiger partial charge is 0.265 e. The van der Waals surface area contributed by atoms with Gasteiger partial charge in [0.25, 0.3) is 5.91 Å². The van der Waals surface area contributed by atoms with Crippen LogP contribution < -0.4 is 14.8 Å². The molecule has 4 heteroatoms. The summed E-state index contributed by atoms with van der Waals surface area (Å²) in [6, 6.07) is 16.6. The highest BCUT2D eigenvalue weighted by molar-refractivity contribution is 5.94. The minimum atomic E-state index is -0.571. The number of carbonyl (C=O) groups excluding carboxylic acids is 1. The van der Waals surface area contributed by atoms with Gasteiger partial charge in [0.1, 0.15) is 11.5 Å². The van der Waals surface area contributed by atoms with Crippen LogP contribution in [0.4, 0.5) is 5.69 Å². The fraction of sp³-hybridized carbons (Fsp3) is 0.278. The Morgan fingerprint density at radius 3 is 2.36 bits per heavy atom. The Balaban J connectivity index is 1.88. The average Bonchev–Trinajstić information content (AvgIpc) is 2.55. The molecule has 2 aromatic carbocycles. The van der Waals surface area contributed by atoms with Gasteiger partial charge in [-0.15, -0.1) is 0 Å². The van der Waals surface area contributed by atoms with Gasteiger partial charge in [-0.3, -0.25) is 4.79 Å². The number of para-hydroxylation sites is 1. The summed E-state index contributed by atoms with van der Waals surface area (Å²) >= 11 is 0. The molecule has 0 spiro atoms. The lowest BCUT2D eigenvalue weighted by Gasteiger charge is -2.15. The number of benzene rings is 2. The second-order valence-electron chi connectivity index (χ2n) is 4.94. The molecule has 22 heavy (non-hydrogen) atoms. The molecule has 0 aliphatic carbocycles. The summed E-state index contributed by atoms with van der Waals surface area (Å²) in [6.07, 6.45) is 0.394. The van der Waals surface area contributed by atoms with Crippen molar-refractivity contribution in [3.63, 3.8) is 0 Å². The van der Waals surface area contributed by atoms with E-state index in [-0.39, 0.29) is 5.91 Å². The SMILES string of the molecule is CCCOc1ccc(NC(=O)[C@@H](C)Oc2ccccc2)cc1. The molecule has 0 saturated heterocycles. The Labute approximate surface area is 131 Å². The molecular weight excluding hydrogens is 278 g/mol. The van der Waals surface area contributed by atoms with Gasteiger partial charge in [-0.05, 0) is 49.7 Å². The zero-order valence-electron chi connectivity index (χ0n) is 12.9. The zero-order chi connectivity index (χ0) is 15.8. The first-order chi connectivity index (χ1) is 10.7. The van der Waals surface area contributed by atoms with Crippen LogP contribution in [-0.4, -0.2) is 18.6 Å². The van der Waals surface area contributed by atoms with Crippen molar-refractivity contribution in [3.8, 4) is 11.5 Å². The summed E-state index contributed by atoms with van der Waals surface area (Å²) in [5.41, 5.74) is 0.720. The highest BCUT2D eigenvalue weighted by atomic mass is 16.5. The monoisotopic (exact) mass is 299 g/mol. The molecule has 0 aliphatic heterocycles. The Morgan fingerprint density at radius 1 is 1.05 bits per heavy atom. The molecule has 2 aromatic rings. The van der Waals surface area contributed by atoms with Gasteiger partial charge in [0.05, 0.1) is 6.61 Å². The minimum Gasteiger partial charge on any atom is -0.494 e. The van der Waals surface area contributed by atoms with Crippen LogP contribution >= 0.6 is 0 Å². The third-order valence-electron chi connectivity index (χ3n) is 3.02. The van der Waals surface area contributed by atoms with Crippen molar-refractivity contribution >= 4 is 11.6 Å². The number of hydrogen-bond donors (Lipinski definition) is 1. The van der Waals surface area contributed by atoms with E-state index in [0.717, 1.165) is 17.9 Å². The van der Waals surface area contributed by atoms with Gasteiger partial charge in [-0.1, -0.05) is 25.1 Å². The van der Waals surface area contributed by atoms with Gasteiger partial charge >= 0.3 is 0 Å². The fourth-order valence-corrected chi connectivity index (χ4v) is 1.86. The molecule has 0 unspecified atom stereocenters. The predicted octanol–water partition coefficient (Wildman–Crippen LogP) is 3.88. The summed E-state index contributed by atoms with van der Waals surface area (Å²) in [4.78, 5) is 12.1. The summed E-state index contributed by atoms with van der Waals surface area (Å²) in [5, 5.41) is 2.83. The Bertz CT molecular complexity index is 581. The van der Waals surface area contributed by atoms with E-state index in [1.807, 2.05) is 54.6 Å². The van der Waals surface area contributed by atoms with Crippen molar-refractivity contribution in [2.24, 2.45) is 0 Å². The van der Waals surface area contributed by atoms with Crippen molar-refractivity contribution in [2.75, 3.05) is 11.9 Å². The van der Waals surface area contributed by atoms with E-state index in [1.54, 1.807) is 6.92 Å². The first-order valence-corrected chi connectivity index (χ1v) is 7.44. The van der Waals surface area contributed by atoms with Crippen LogP contribution in [0.1, 0.15) is 20.3 Å². The van der Waals surface area contributed by atoms with Crippen LogP contribution in [0.3, 0.4) is 0 Å². The van der Waals surface area contributed by atoms with E-state index >= 15 is 0 Å². The van der Waals surface area contributed by atoms with E-state index in [0.29, 0.717) is 12.4 Å². The maximum Gasteiger partial charge on any atom is 0.265 e. The molecule has 4 nitrogen and oxygen atoms in total. The van der Waals surface area contributed by atoms with Gasteiger partial charge in [0, 0.05) is 5.69 Å². The Kier molecular flexibility index (Phi) is 5.83. The highest BCUT2D eigenvalue weighted by Crippen LogP contribution is 2.17. The molecule has 0 aromatic heterocycles. The number of ether oxygens (including phenoxy) is 2. The van der Waals surface area contributed by atoms with E-state index in [1.165, 1.54) is 0 Å². The standard InChI is InChI=1S/C18H21NO3/c1-3-13-21-16-11-9-15(10-12-16)19-18(20)14(2)22-17-7-5-4-6-8-17/h4-12,14H,3,13H2,1-2H3,(H,19,20)/t14-/m1/s1. The molecule has 0 radical (unpaired) electrons. The Morgan fingerprint density at radius 2 is 1.73 bits per heavy atom. The molecule has 1 N–H and O–H groups in total. The maximum atomic E-state index is 12.1. The fourth-order valence-electron chi connectivity index (χ4n) is 1.86. The summed E-state index contributed by atoms with van der Waals surface area (Å²) in [7, 11) is 0. The van der Waals surface area contributed by atoms with E-state index in [2.05, 4.69) is 12.2 Å². The first kappa shape index (κ1) is 15.9. The van der Waals surface area contributed by atoms with Gasteiger partial charge < -0.3 is 14.8 Å². The second kappa shape index (κ2) is 8.08. The van der Waals surface area contributed by atoms with Gasteiger partial charge in [-0.25, -0.2) is 0 Å². The summed E-state index contributed by atoms with van der Waals surface area (Å²) < 4.78 is 11.1. The van der Waals surface area contributed by atoms with E-state index in [9.17, 15) is 4.79 Å². The molecule has 0 bridgehead atoms. The van der Waals surface area contributed by atoms with Gasteiger partial charge in [-0.2, -0.15) is 0 Å². The van der Waals surface area contributed by atoms with Crippen molar-refractivity contribution in [1.82, 2.24) is 0 Å². The van der Waals surface area contributed by atoms with Gasteiger partial charge in [0.2, 0.25) is 0 Å². The molecule has 0 saturated carbocycles. The van der Waals surface area contributed by atoms with Crippen LogP contribution in [0.15, 0.2) is 54.6 Å². The number of anilines is 1. The molecular formula is C18H21NO3. The van der Waals surface area contributed by atoms with Crippen LogP contribution in [0.25, 0.3) is 0 Å². The van der Waals surface area contributed by atoms with Gasteiger partial charge in [0.15, 0.2) is 6.10 Å². The molecule has 0 aliphatic rings. The average molecular weight is 299 g/mol. The lowest BCUT2D eigenvalue weighted by molar-refractivity contribution is -0.122. The number of amides is 1. The second-order valence-corrected chi connectivity index (χ2v) is 4.94. The summed E-state index contributed by atoms with van der Waals surface area (Å²) in [5.74, 6) is 1.29. The minimum absolute atomic E-state index is 0.189. The number of nitrogens with one attached hydrogen (secondary N) is 1. The topological polar surface area (TPSA) is 47.6 Å². The predicted molar refractivity (Wildman–Crippen MR) is 87.4 cm³/mol. The van der Waals surface area contributed by atoms with Crippen LogP contribution in [0.5, 0.6) is 11.5 Å². The number of rotatable bonds is 7. The molecule has 116 valence electrons. The molecule has 2 rings (SSSR count). The normalized spacial score (nSPS) is 11.5.